The molecule has 0 aliphatic carbocycles. The van der Waals surface area contributed by atoms with Gasteiger partial charge < -0.3 is 4.57 Å². The predicted octanol–water partition coefficient (Wildman–Crippen LogP) is 12.9. The first kappa shape index (κ1) is 35.4. The fourth-order valence-corrected chi connectivity index (χ4v) is 7.94. The number of nitrogens with zero attached hydrogens (tertiary/aromatic N) is 6. The van der Waals surface area contributed by atoms with Gasteiger partial charge in [-0.2, -0.15) is 5.26 Å². The van der Waals surface area contributed by atoms with Crippen molar-refractivity contribution in [3.05, 3.63) is 199 Å². The van der Waals surface area contributed by atoms with E-state index in [0.717, 1.165) is 72.4 Å². The van der Waals surface area contributed by atoms with E-state index in [1.54, 1.807) is 0 Å². The topological polar surface area (TPSA) is 80.3 Å². The van der Waals surface area contributed by atoms with Gasteiger partial charge in [-0.1, -0.05) is 145 Å². The fraction of sp³-hybridized carbons (Fsp3) is 0.0377. The van der Waals surface area contributed by atoms with E-state index in [1.165, 1.54) is 11.1 Å². The Labute approximate surface area is 342 Å². The lowest BCUT2D eigenvalue weighted by atomic mass is 9.97. The molecule has 0 aliphatic heterocycles. The number of hydrogen-bond acceptors (Lipinski definition) is 5. The molecule has 0 amide bonds. The van der Waals surface area contributed by atoms with Crippen LogP contribution >= 0.6 is 0 Å². The number of aromatic nitrogens is 5. The molecule has 0 unspecified atom stereocenters. The van der Waals surface area contributed by atoms with E-state index >= 15 is 0 Å². The summed E-state index contributed by atoms with van der Waals surface area (Å²) in [5.41, 5.74) is 13.9. The van der Waals surface area contributed by atoms with Gasteiger partial charge >= 0.3 is 0 Å². The summed E-state index contributed by atoms with van der Waals surface area (Å²) < 4.78 is 2.31. The van der Waals surface area contributed by atoms with Crippen LogP contribution in [0.25, 0.3) is 95.3 Å². The minimum absolute atomic E-state index is 0.460. The van der Waals surface area contributed by atoms with Gasteiger partial charge in [0.05, 0.1) is 51.1 Å². The summed E-state index contributed by atoms with van der Waals surface area (Å²) in [6, 6.07) is 64.1. The van der Waals surface area contributed by atoms with Crippen LogP contribution in [-0.2, 0) is 0 Å². The largest absolute Gasteiger partial charge is 0.308 e. The highest BCUT2D eigenvalue weighted by molar-refractivity contribution is 6.11. The second-order valence-electron chi connectivity index (χ2n) is 14.8. The lowest BCUT2D eigenvalue weighted by molar-refractivity contribution is 1.12. The summed E-state index contributed by atoms with van der Waals surface area (Å²) in [6.45, 7) is 4.25. The summed E-state index contributed by atoms with van der Waals surface area (Å²) in [5, 5.41) is 13.1. The zero-order valence-corrected chi connectivity index (χ0v) is 32.5. The maximum Gasteiger partial charge on any atom is 0.162 e. The lowest BCUT2D eigenvalue weighted by Crippen LogP contribution is -2.06. The minimum atomic E-state index is 0.460. The standard InChI is InChI=1S/C53H36N6/c1-34-23-25-49-41(27-34)42-28-35(2)24-26-50(42)59(49)51-43(48-32-47(39-19-11-5-12-20-39)55-52(58-48)40-21-13-6-14-22-40)29-36(33-54)30-44(51)53-56-45(37-15-7-3-8-16-37)31-46(57-53)38-17-9-4-10-18-38/h3-32H,1-2H3. The van der Waals surface area contributed by atoms with Crippen molar-refractivity contribution in [1.29, 1.82) is 5.26 Å². The molecular weight excluding hydrogens is 721 g/mol. The van der Waals surface area contributed by atoms with Gasteiger partial charge in [-0.05, 0) is 62.4 Å². The highest BCUT2D eigenvalue weighted by Gasteiger charge is 2.25. The lowest BCUT2D eigenvalue weighted by Gasteiger charge is -2.20. The van der Waals surface area contributed by atoms with E-state index < -0.39 is 0 Å². The van der Waals surface area contributed by atoms with E-state index in [-0.39, 0.29) is 0 Å². The summed E-state index contributed by atoms with van der Waals surface area (Å²) >= 11 is 0. The SMILES string of the molecule is Cc1ccc2c(c1)c1cc(C)ccc1n2-c1c(-c2cc(-c3ccccc3)nc(-c3ccccc3)n2)cc(C#N)cc1-c1nc(-c2ccccc2)cc(-c2ccccc2)n1. The maximum absolute atomic E-state index is 10.8. The van der Waals surface area contributed by atoms with Crippen molar-refractivity contribution >= 4 is 21.8 Å². The number of nitriles is 1. The van der Waals surface area contributed by atoms with E-state index in [1.807, 2.05) is 109 Å². The molecule has 3 heterocycles. The molecule has 6 nitrogen and oxygen atoms in total. The quantitative estimate of drug-likeness (QED) is 0.162. The normalized spacial score (nSPS) is 11.2. The molecule has 0 saturated heterocycles. The molecule has 10 rings (SSSR count). The van der Waals surface area contributed by atoms with Gasteiger partial charge in [0.15, 0.2) is 11.6 Å². The highest BCUT2D eigenvalue weighted by Crippen LogP contribution is 2.43. The van der Waals surface area contributed by atoms with Gasteiger partial charge in [-0.3, -0.25) is 0 Å². The van der Waals surface area contributed by atoms with Gasteiger partial charge in [0.2, 0.25) is 0 Å². The average molecular weight is 757 g/mol. The first-order chi connectivity index (χ1) is 29.0. The van der Waals surface area contributed by atoms with Crippen LogP contribution in [0.2, 0.25) is 0 Å². The predicted molar refractivity (Wildman–Crippen MR) is 239 cm³/mol. The highest BCUT2D eigenvalue weighted by atomic mass is 15.0. The van der Waals surface area contributed by atoms with Crippen molar-refractivity contribution in [1.82, 2.24) is 24.5 Å². The van der Waals surface area contributed by atoms with E-state index in [9.17, 15) is 5.26 Å². The van der Waals surface area contributed by atoms with Crippen LogP contribution in [-0.4, -0.2) is 24.5 Å². The Morgan fingerprint density at radius 1 is 0.407 bits per heavy atom. The molecule has 7 aromatic carbocycles. The molecule has 0 spiro atoms. The Bertz CT molecular complexity index is 2900. The molecule has 0 N–H and O–H groups in total. The van der Waals surface area contributed by atoms with Crippen molar-refractivity contribution in [2.24, 2.45) is 0 Å². The van der Waals surface area contributed by atoms with Gasteiger partial charge in [-0.25, -0.2) is 19.9 Å². The number of fused-ring (bicyclic) bond motifs is 3. The Morgan fingerprint density at radius 3 is 1.29 bits per heavy atom. The van der Waals surface area contributed by atoms with Crippen molar-refractivity contribution < 1.29 is 0 Å². The Balaban J connectivity index is 1.37. The van der Waals surface area contributed by atoms with Crippen LogP contribution in [0.15, 0.2) is 182 Å². The zero-order chi connectivity index (χ0) is 39.9. The van der Waals surface area contributed by atoms with Gasteiger partial charge in [0.1, 0.15) is 0 Å². The average Bonchev–Trinajstić information content (AvgIpc) is 3.61. The molecule has 10 aromatic rings. The van der Waals surface area contributed by atoms with Gasteiger partial charge in [0, 0.05) is 44.2 Å². The molecule has 0 saturated carbocycles. The molecule has 0 aliphatic rings. The molecule has 278 valence electrons. The Kier molecular flexibility index (Phi) is 8.89. The third-order valence-corrected chi connectivity index (χ3v) is 10.7. The van der Waals surface area contributed by atoms with Crippen LogP contribution in [0.5, 0.6) is 0 Å². The maximum atomic E-state index is 10.8. The van der Waals surface area contributed by atoms with E-state index in [2.05, 4.69) is 97.3 Å². The molecule has 59 heavy (non-hydrogen) atoms. The summed E-state index contributed by atoms with van der Waals surface area (Å²) in [4.78, 5) is 21.1. The number of aryl methyl sites for hydroxylation is 2. The van der Waals surface area contributed by atoms with Crippen molar-refractivity contribution in [3.8, 4) is 79.6 Å². The number of rotatable bonds is 7. The molecule has 6 heteroatoms. The minimum Gasteiger partial charge on any atom is -0.308 e. The Hall–Kier alpha value is -8.01. The third kappa shape index (κ3) is 6.61. The molecular formula is C53H36N6. The van der Waals surface area contributed by atoms with Crippen LogP contribution in [0, 0.1) is 25.2 Å². The smallest absolute Gasteiger partial charge is 0.162 e. The molecule has 0 fully saturated rings. The van der Waals surface area contributed by atoms with Crippen LogP contribution < -0.4 is 0 Å². The monoisotopic (exact) mass is 756 g/mol. The third-order valence-electron chi connectivity index (χ3n) is 10.7. The van der Waals surface area contributed by atoms with Crippen LogP contribution in [0.1, 0.15) is 16.7 Å². The number of hydrogen-bond donors (Lipinski definition) is 0. The van der Waals surface area contributed by atoms with Crippen molar-refractivity contribution in [2.75, 3.05) is 0 Å². The van der Waals surface area contributed by atoms with Crippen LogP contribution in [0.4, 0.5) is 0 Å². The van der Waals surface area contributed by atoms with E-state index in [4.69, 9.17) is 19.9 Å². The zero-order valence-electron chi connectivity index (χ0n) is 32.5. The molecule has 0 radical (unpaired) electrons. The Morgan fingerprint density at radius 2 is 0.814 bits per heavy atom. The van der Waals surface area contributed by atoms with E-state index in [0.29, 0.717) is 28.5 Å². The second-order valence-corrected chi connectivity index (χ2v) is 14.8. The van der Waals surface area contributed by atoms with Gasteiger partial charge in [0.25, 0.3) is 0 Å². The molecule has 3 aromatic heterocycles. The summed E-state index contributed by atoms with van der Waals surface area (Å²) in [5.74, 6) is 1.08. The summed E-state index contributed by atoms with van der Waals surface area (Å²) in [7, 11) is 0. The van der Waals surface area contributed by atoms with Crippen molar-refractivity contribution in [2.45, 2.75) is 13.8 Å². The second kappa shape index (κ2) is 14.8. The fourth-order valence-electron chi connectivity index (χ4n) is 7.94. The molecule has 0 bridgehead atoms. The molecule has 0 atom stereocenters. The van der Waals surface area contributed by atoms with Gasteiger partial charge in [-0.15, -0.1) is 0 Å². The first-order valence-corrected chi connectivity index (χ1v) is 19.6. The van der Waals surface area contributed by atoms with Crippen molar-refractivity contribution in [3.63, 3.8) is 0 Å². The first-order valence-electron chi connectivity index (χ1n) is 19.6. The number of benzene rings is 7. The summed E-state index contributed by atoms with van der Waals surface area (Å²) in [6.07, 6.45) is 0. The van der Waals surface area contributed by atoms with Crippen LogP contribution in [0.3, 0.4) is 0 Å².